The van der Waals surface area contributed by atoms with E-state index in [4.69, 9.17) is 4.74 Å². The Kier molecular flexibility index (Phi) is 1.16. The molecule has 1 saturated heterocycles. The minimum atomic E-state index is -0.158. The Bertz CT molecular complexity index is 319. The van der Waals surface area contributed by atoms with E-state index in [9.17, 15) is 4.79 Å². The summed E-state index contributed by atoms with van der Waals surface area (Å²) in [5.41, 5.74) is 7.28. The Morgan fingerprint density at radius 1 is 1.62 bits per heavy atom. The van der Waals surface area contributed by atoms with E-state index in [1.54, 1.807) is 0 Å². The Hall–Kier alpha value is -1.07. The summed E-state index contributed by atoms with van der Waals surface area (Å²) in [5.74, 6) is 0.174. The van der Waals surface area contributed by atoms with E-state index < -0.39 is 0 Å². The smallest absolute Gasteiger partial charge is 0.182 e. The van der Waals surface area contributed by atoms with Crippen molar-refractivity contribution < 1.29 is 9.53 Å². The second kappa shape index (κ2) is 2.05. The lowest BCUT2D eigenvalue weighted by Gasteiger charge is -2.23. The molecule has 0 aromatic heterocycles. The van der Waals surface area contributed by atoms with E-state index in [0.29, 0.717) is 12.1 Å². The van der Waals surface area contributed by atoms with Crippen LogP contribution in [0.1, 0.15) is 12.8 Å². The fraction of sp³-hybridized carbons (Fsp3) is 0.625. The van der Waals surface area contributed by atoms with Crippen LogP contribution in [0.2, 0.25) is 0 Å². The van der Waals surface area contributed by atoms with Gasteiger partial charge in [-0.3, -0.25) is 15.2 Å². The quantitative estimate of drug-likeness (QED) is 0.483. The monoisotopic (exact) mass is 181 g/mol. The molecule has 5 nitrogen and oxygen atoms in total. The number of carbonyl (C=O) groups is 1. The van der Waals surface area contributed by atoms with Gasteiger partial charge < -0.3 is 4.74 Å². The number of epoxide rings is 1. The summed E-state index contributed by atoms with van der Waals surface area (Å²) in [5, 5.41) is 1.83. The molecule has 1 atom stereocenters. The maximum absolute atomic E-state index is 11.5. The van der Waals surface area contributed by atoms with Gasteiger partial charge >= 0.3 is 0 Å². The molecule has 0 aromatic rings. The maximum Gasteiger partial charge on any atom is 0.182 e. The fourth-order valence-corrected chi connectivity index (χ4v) is 2.08. The molecule has 3 rings (SSSR count). The van der Waals surface area contributed by atoms with E-state index in [1.807, 2.05) is 12.1 Å². The summed E-state index contributed by atoms with van der Waals surface area (Å²) in [6.07, 6.45) is 1.40. The predicted octanol–water partition coefficient (Wildman–Crippen LogP) is -0.716. The van der Waals surface area contributed by atoms with Gasteiger partial charge in [-0.1, -0.05) is 0 Å². The van der Waals surface area contributed by atoms with Crippen LogP contribution in [-0.2, 0) is 9.53 Å². The highest BCUT2D eigenvalue weighted by molar-refractivity contribution is 5.97. The van der Waals surface area contributed by atoms with Gasteiger partial charge in [-0.2, -0.15) is 0 Å². The third-order valence-corrected chi connectivity index (χ3v) is 2.88. The van der Waals surface area contributed by atoms with Crippen molar-refractivity contribution in [3.8, 4) is 0 Å². The fourth-order valence-electron chi connectivity index (χ4n) is 2.08. The first-order chi connectivity index (χ1) is 6.23. The van der Waals surface area contributed by atoms with Gasteiger partial charge in [0, 0.05) is 13.5 Å². The number of fused-ring (bicyclic) bond motifs is 1. The molecule has 2 heterocycles. The van der Waals surface area contributed by atoms with Gasteiger partial charge in [0.2, 0.25) is 0 Å². The van der Waals surface area contributed by atoms with Crippen molar-refractivity contribution in [2.45, 2.75) is 18.4 Å². The maximum atomic E-state index is 11.5. The van der Waals surface area contributed by atoms with Gasteiger partial charge in [0.15, 0.2) is 5.78 Å². The molecular weight excluding hydrogens is 170 g/mol. The number of carbonyl (C=O) groups excluding carboxylic acids is 1. The zero-order chi connectivity index (χ0) is 9.05. The van der Waals surface area contributed by atoms with Crippen molar-refractivity contribution in [1.82, 2.24) is 16.0 Å². The highest BCUT2D eigenvalue weighted by Crippen LogP contribution is 2.45. The molecule has 1 fully saturated rings. The van der Waals surface area contributed by atoms with Crippen molar-refractivity contribution >= 4 is 5.78 Å². The molecule has 5 heteroatoms. The summed E-state index contributed by atoms with van der Waals surface area (Å²) in [6.45, 7) is 0.743. The number of nitrogens with zero attached hydrogens (tertiary/aromatic N) is 1. The molecule has 0 bridgehead atoms. The van der Waals surface area contributed by atoms with Crippen LogP contribution in [0.15, 0.2) is 11.4 Å². The minimum absolute atomic E-state index is 0.158. The second-order valence-corrected chi connectivity index (χ2v) is 3.73. The summed E-state index contributed by atoms with van der Waals surface area (Å²) in [7, 11) is 1.89. The zero-order valence-electron chi connectivity index (χ0n) is 7.39. The Morgan fingerprint density at radius 3 is 3.08 bits per heavy atom. The lowest BCUT2D eigenvalue weighted by Crippen LogP contribution is -2.37. The van der Waals surface area contributed by atoms with Gasteiger partial charge in [-0.15, -0.1) is 5.53 Å². The predicted molar refractivity (Wildman–Crippen MR) is 44.0 cm³/mol. The number of rotatable bonds is 0. The number of hydrazine groups is 2. The standard InChI is InChI=1S/C8H11N3O2/c1-11-7-6(9-10-11)5(12)2-3-8(7)4-13-8/h9-10H,2-4H2,1H3. The summed E-state index contributed by atoms with van der Waals surface area (Å²) in [6, 6.07) is 0. The van der Waals surface area contributed by atoms with Crippen LogP contribution in [0.4, 0.5) is 0 Å². The Morgan fingerprint density at radius 2 is 2.38 bits per heavy atom. The number of likely N-dealkylation sites (N-methyl/N-ethyl adjacent to an activating group) is 1. The molecule has 1 unspecified atom stereocenters. The van der Waals surface area contributed by atoms with Gasteiger partial charge in [0.25, 0.3) is 0 Å². The Labute approximate surface area is 75.7 Å². The van der Waals surface area contributed by atoms with Crippen LogP contribution >= 0.6 is 0 Å². The Balaban J connectivity index is 2.10. The third kappa shape index (κ3) is 0.804. The van der Waals surface area contributed by atoms with Crippen molar-refractivity contribution in [2.24, 2.45) is 0 Å². The number of nitrogens with one attached hydrogen (secondary N) is 2. The lowest BCUT2D eigenvalue weighted by molar-refractivity contribution is -0.116. The molecular formula is C8H11N3O2. The molecule has 2 N–H and O–H groups in total. The normalized spacial score (nSPS) is 36.7. The van der Waals surface area contributed by atoms with Crippen LogP contribution < -0.4 is 11.0 Å². The number of ether oxygens (including phenoxy) is 1. The van der Waals surface area contributed by atoms with Gasteiger partial charge in [0.1, 0.15) is 11.3 Å². The van der Waals surface area contributed by atoms with E-state index in [-0.39, 0.29) is 11.4 Å². The SMILES string of the molecule is CN1NNC2=C1C1(CCC2=O)CO1. The summed E-state index contributed by atoms with van der Waals surface area (Å²) in [4.78, 5) is 11.5. The number of hydrogen-bond donors (Lipinski definition) is 2. The topological polar surface area (TPSA) is 56.9 Å². The van der Waals surface area contributed by atoms with E-state index in [2.05, 4.69) is 11.0 Å². The molecule has 2 aliphatic heterocycles. The largest absolute Gasteiger partial charge is 0.363 e. The highest BCUT2D eigenvalue weighted by Gasteiger charge is 2.55. The van der Waals surface area contributed by atoms with E-state index in [0.717, 1.165) is 18.7 Å². The molecule has 13 heavy (non-hydrogen) atoms. The van der Waals surface area contributed by atoms with Gasteiger partial charge in [0.05, 0.1) is 12.3 Å². The molecule has 70 valence electrons. The van der Waals surface area contributed by atoms with E-state index in [1.165, 1.54) is 0 Å². The molecule has 3 aliphatic rings. The molecule has 0 radical (unpaired) electrons. The molecule has 0 aromatic carbocycles. The number of Topliss-reactive ketones (excluding diaryl/α,β-unsaturated/α-hetero) is 1. The highest BCUT2D eigenvalue weighted by atomic mass is 16.6. The van der Waals surface area contributed by atoms with Crippen LogP contribution in [0, 0.1) is 0 Å². The van der Waals surface area contributed by atoms with Crippen molar-refractivity contribution in [2.75, 3.05) is 13.7 Å². The zero-order valence-corrected chi connectivity index (χ0v) is 7.39. The molecule has 0 amide bonds. The minimum Gasteiger partial charge on any atom is -0.363 e. The van der Waals surface area contributed by atoms with Gasteiger partial charge in [-0.25, -0.2) is 0 Å². The average molecular weight is 181 g/mol. The summed E-state index contributed by atoms with van der Waals surface area (Å²) < 4.78 is 5.44. The number of hydrogen-bond acceptors (Lipinski definition) is 5. The molecule has 1 aliphatic carbocycles. The van der Waals surface area contributed by atoms with Crippen molar-refractivity contribution in [3.05, 3.63) is 11.4 Å². The molecule has 1 spiro atoms. The first kappa shape index (κ1) is 7.34. The first-order valence-electron chi connectivity index (χ1n) is 4.40. The number of ketones is 1. The van der Waals surface area contributed by atoms with Crippen LogP contribution in [0.3, 0.4) is 0 Å². The lowest BCUT2D eigenvalue weighted by atomic mass is 9.90. The second-order valence-electron chi connectivity index (χ2n) is 3.73. The van der Waals surface area contributed by atoms with Gasteiger partial charge in [-0.05, 0) is 6.42 Å². The van der Waals surface area contributed by atoms with Crippen LogP contribution in [-0.4, -0.2) is 30.0 Å². The first-order valence-corrected chi connectivity index (χ1v) is 4.40. The average Bonchev–Trinajstić information content (AvgIpc) is 2.78. The number of allylic oxidation sites excluding steroid dienone is 1. The van der Waals surface area contributed by atoms with Crippen molar-refractivity contribution in [1.29, 1.82) is 0 Å². The summed E-state index contributed by atoms with van der Waals surface area (Å²) >= 11 is 0. The van der Waals surface area contributed by atoms with Crippen molar-refractivity contribution in [3.63, 3.8) is 0 Å². The third-order valence-electron chi connectivity index (χ3n) is 2.88. The van der Waals surface area contributed by atoms with E-state index >= 15 is 0 Å². The van der Waals surface area contributed by atoms with Crippen LogP contribution in [0.25, 0.3) is 0 Å². The van der Waals surface area contributed by atoms with Crippen LogP contribution in [0.5, 0.6) is 0 Å². The molecule has 0 saturated carbocycles.